The highest BCUT2D eigenvalue weighted by Gasteiger charge is 2.11. The normalized spacial score (nSPS) is 13.2. The zero-order valence-corrected chi connectivity index (χ0v) is 12.7. The second-order valence-electron chi connectivity index (χ2n) is 5.45. The van der Waals surface area contributed by atoms with Gasteiger partial charge in [0, 0.05) is 18.3 Å². The summed E-state index contributed by atoms with van der Waals surface area (Å²) in [6, 6.07) is 2.89. The smallest absolute Gasteiger partial charge is 0.0624 e. The Morgan fingerprint density at radius 1 is 1.33 bits per heavy atom. The fourth-order valence-corrected chi connectivity index (χ4v) is 2.43. The molecule has 0 radical (unpaired) electrons. The first-order valence-electron chi connectivity index (χ1n) is 7.33. The minimum Gasteiger partial charge on any atom is -0.317 e. The monoisotopic (exact) mass is 251 g/mol. The first-order chi connectivity index (χ1) is 8.60. The Bertz CT molecular complexity index is 342. The van der Waals surface area contributed by atoms with Crippen LogP contribution in [0.25, 0.3) is 0 Å². The number of rotatable bonds is 8. The van der Waals surface area contributed by atoms with Gasteiger partial charge in [0.1, 0.15) is 0 Å². The molecule has 1 N–H and O–H groups in total. The summed E-state index contributed by atoms with van der Waals surface area (Å²) in [6.45, 7) is 9.89. The average Bonchev–Trinajstić information content (AvgIpc) is 2.76. The molecule has 0 aliphatic carbocycles. The lowest BCUT2D eigenvalue weighted by Gasteiger charge is -2.18. The molecule has 0 bridgehead atoms. The molecule has 3 heteroatoms. The lowest BCUT2D eigenvalue weighted by Crippen LogP contribution is -2.27. The zero-order chi connectivity index (χ0) is 13.5. The van der Waals surface area contributed by atoms with E-state index < -0.39 is 0 Å². The SMILES string of the molecule is CCc1cc(CCC(CC(C)C)NC)n(CC)n1. The van der Waals surface area contributed by atoms with Gasteiger partial charge >= 0.3 is 0 Å². The molecule has 1 heterocycles. The van der Waals surface area contributed by atoms with Gasteiger partial charge in [-0.2, -0.15) is 5.10 Å². The Morgan fingerprint density at radius 2 is 2.06 bits per heavy atom. The predicted molar refractivity (Wildman–Crippen MR) is 77.9 cm³/mol. The highest BCUT2D eigenvalue weighted by molar-refractivity contribution is 5.10. The van der Waals surface area contributed by atoms with E-state index >= 15 is 0 Å². The molecule has 1 atom stereocenters. The van der Waals surface area contributed by atoms with Gasteiger partial charge in [-0.05, 0) is 51.6 Å². The van der Waals surface area contributed by atoms with Crippen LogP contribution in [0, 0.1) is 5.92 Å². The summed E-state index contributed by atoms with van der Waals surface area (Å²) >= 11 is 0. The van der Waals surface area contributed by atoms with E-state index in [1.807, 2.05) is 0 Å². The second-order valence-corrected chi connectivity index (χ2v) is 5.45. The van der Waals surface area contributed by atoms with Gasteiger partial charge in [0.2, 0.25) is 0 Å². The minimum atomic E-state index is 0.621. The number of aromatic nitrogens is 2. The van der Waals surface area contributed by atoms with Crippen molar-refractivity contribution in [2.45, 2.75) is 66.0 Å². The summed E-state index contributed by atoms with van der Waals surface area (Å²) in [5.74, 6) is 0.754. The minimum absolute atomic E-state index is 0.621. The van der Waals surface area contributed by atoms with Crippen LogP contribution >= 0.6 is 0 Å². The Kier molecular flexibility index (Phi) is 6.41. The van der Waals surface area contributed by atoms with Gasteiger partial charge in [0.05, 0.1) is 5.69 Å². The number of nitrogens with one attached hydrogen (secondary N) is 1. The molecule has 1 aromatic heterocycles. The quantitative estimate of drug-likeness (QED) is 0.769. The van der Waals surface area contributed by atoms with Crippen LogP contribution in [0.3, 0.4) is 0 Å². The first-order valence-corrected chi connectivity index (χ1v) is 7.33. The van der Waals surface area contributed by atoms with E-state index in [0.717, 1.165) is 25.3 Å². The molecule has 0 saturated heterocycles. The van der Waals surface area contributed by atoms with Crippen LogP contribution in [-0.2, 0) is 19.4 Å². The van der Waals surface area contributed by atoms with E-state index in [9.17, 15) is 0 Å². The molecule has 0 spiro atoms. The number of hydrogen-bond donors (Lipinski definition) is 1. The van der Waals surface area contributed by atoms with Crippen LogP contribution in [0.4, 0.5) is 0 Å². The predicted octanol–water partition coefficient (Wildman–Crippen LogP) is 3.03. The average molecular weight is 251 g/mol. The Morgan fingerprint density at radius 3 is 2.56 bits per heavy atom. The van der Waals surface area contributed by atoms with E-state index in [0.29, 0.717) is 6.04 Å². The number of aryl methyl sites for hydroxylation is 3. The highest BCUT2D eigenvalue weighted by Crippen LogP contribution is 2.13. The maximum Gasteiger partial charge on any atom is 0.0624 e. The third-order valence-corrected chi connectivity index (χ3v) is 3.49. The third-order valence-electron chi connectivity index (χ3n) is 3.49. The van der Waals surface area contributed by atoms with Crippen molar-refractivity contribution in [3.63, 3.8) is 0 Å². The van der Waals surface area contributed by atoms with Gasteiger partial charge in [-0.1, -0.05) is 20.8 Å². The molecule has 0 aliphatic rings. The molecule has 0 aromatic carbocycles. The van der Waals surface area contributed by atoms with Crippen molar-refractivity contribution >= 4 is 0 Å². The molecule has 1 unspecified atom stereocenters. The van der Waals surface area contributed by atoms with E-state index in [4.69, 9.17) is 0 Å². The fraction of sp³-hybridized carbons (Fsp3) is 0.800. The topological polar surface area (TPSA) is 29.9 Å². The van der Waals surface area contributed by atoms with Crippen molar-refractivity contribution in [3.05, 3.63) is 17.5 Å². The van der Waals surface area contributed by atoms with Gasteiger partial charge in [-0.3, -0.25) is 4.68 Å². The van der Waals surface area contributed by atoms with Crippen molar-refractivity contribution in [1.29, 1.82) is 0 Å². The van der Waals surface area contributed by atoms with Gasteiger partial charge in [0.25, 0.3) is 0 Å². The Hall–Kier alpha value is -0.830. The van der Waals surface area contributed by atoms with Crippen LogP contribution in [-0.4, -0.2) is 22.9 Å². The van der Waals surface area contributed by atoms with Crippen LogP contribution in [0.5, 0.6) is 0 Å². The van der Waals surface area contributed by atoms with E-state index in [2.05, 4.69) is 55.9 Å². The lowest BCUT2D eigenvalue weighted by molar-refractivity contribution is 0.417. The summed E-state index contributed by atoms with van der Waals surface area (Å²) in [7, 11) is 2.07. The lowest BCUT2D eigenvalue weighted by atomic mass is 9.99. The van der Waals surface area contributed by atoms with E-state index in [1.165, 1.54) is 24.2 Å². The molecule has 0 fully saturated rings. The molecule has 0 saturated carbocycles. The number of hydrogen-bond acceptors (Lipinski definition) is 2. The summed E-state index contributed by atoms with van der Waals surface area (Å²) in [6.07, 6.45) is 4.60. The van der Waals surface area contributed by atoms with Gasteiger partial charge < -0.3 is 5.32 Å². The molecule has 0 aliphatic heterocycles. The van der Waals surface area contributed by atoms with Gasteiger partial charge in [0.15, 0.2) is 0 Å². The summed E-state index contributed by atoms with van der Waals surface area (Å²) in [5, 5.41) is 8.04. The van der Waals surface area contributed by atoms with E-state index in [-0.39, 0.29) is 0 Å². The fourth-order valence-electron chi connectivity index (χ4n) is 2.43. The maximum absolute atomic E-state index is 4.61. The van der Waals surface area contributed by atoms with Crippen molar-refractivity contribution in [3.8, 4) is 0 Å². The first kappa shape index (κ1) is 15.2. The molecular weight excluding hydrogens is 222 g/mol. The third kappa shape index (κ3) is 4.45. The summed E-state index contributed by atoms with van der Waals surface area (Å²) < 4.78 is 2.15. The van der Waals surface area contributed by atoms with Crippen LogP contribution < -0.4 is 5.32 Å². The van der Waals surface area contributed by atoms with Crippen LogP contribution in [0.2, 0.25) is 0 Å². The maximum atomic E-state index is 4.61. The van der Waals surface area contributed by atoms with E-state index in [1.54, 1.807) is 0 Å². The Balaban J connectivity index is 2.58. The molecule has 104 valence electrons. The van der Waals surface area contributed by atoms with Crippen LogP contribution in [0.15, 0.2) is 6.07 Å². The highest BCUT2D eigenvalue weighted by atomic mass is 15.3. The van der Waals surface area contributed by atoms with Crippen molar-refractivity contribution in [2.24, 2.45) is 5.92 Å². The van der Waals surface area contributed by atoms with Crippen molar-refractivity contribution < 1.29 is 0 Å². The molecule has 0 amide bonds. The van der Waals surface area contributed by atoms with Crippen molar-refractivity contribution in [2.75, 3.05) is 7.05 Å². The molecular formula is C15H29N3. The molecule has 1 aromatic rings. The second kappa shape index (κ2) is 7.57. The Labute approximate surface area is 112 Å². The van der Waals surface area contributed by atoms with Gasteiger partial charge in [-0.15, -0.1) is 0 Å². The van der Waals surface area contributed by atoms with Gasteiger partial charge in [-0.25, -0.2) is 0 Å². The van der Waals surface area contributed by atoms with Crippen LogP contribution in [0.1, 0.15) is 51.9 Å². The summed E-state index contributed by atoms with van der Waals surface area (Å²) in [4.78, 5) is 0. The summed E-state index contributed by atoms with van der Waals surface area (Å²) in [5.41, 5.74) is 2.61. The largest absolute Gasteiger partial charge is 0.317 e. The van der Waals surface area contributed by atoms with Crippen molar-refractivity contribution in [1.82, 2.24) is 15.1 Å². The molecule has 18 heavy (non-hydrogen) atoms. The standard InChI is InChI=1S/C15H29N3/c1-6-13-11-15(18(7-2)17-13)9-8-14(16-5)10-12(3)4/h11-12,14,16H,6-10H2,1-5H3. The molecule has 1 rings (SSSR count). The molecule has 3 nitrogen and oxygen atoms in total. The zero-order valence-electron chi connectivity index (χ0n) is 12.7. The number of nitrogens with zero attached hydrogens (tertiary/aromatic N) is 2.